The first-order valence-corrected chi connectivity index (χ1v) is 8.64. The lowest BCUT2D eigenvalue weighted by Gasteiger charge is -2.29. The molecule has 0 aromatic heterocycles. The molecule has 1 saturated heterocycles. The third-order valence-electron chi connectivity index (χ3n) is 5.60. The fourth-order valence-corrected chi connectivity index (χ4v) is 4.13. The summed E-state index contributed by atoms with van der Waals surface area (Å²) in [5, 5.41) is 12.9. The van der Waals surface area contributed by atoms with Crippen molar-refractivity contribution < 1.29 is 0 Å². The topological polar surface area (TPSA) is 39.1 Å². The highest BCUT2D eigenvalue weighted by atomic mass is 15.2. The maximum Gasteiger partial charge on any atom is 0.116 e. The minimum absolute atomic E-state index is 0.0483. The first-order chi connectivity index (χ1) is 10.1. The Kier molecular flexibility index (Phi) is 5.70. The Morgan fingerprint density at radius 1 is 1.48 bits per heavy atom. The molecule has 0 aromatic carbocycles. The van der Waals surface area contributed by atoms with Crippen LogP contribution >= 0.6 is 0 Å². The Bertz CT molecular complexity index is 398. The first-order valence-electron chi connectivity index (χ1n) is 8.64. The first kappa shape index (κ1) is 16.4. The molecule has 2 rings (SSSR count). The third kappa shape index (κ3) is 3.80. The Labute approximate surface area is 130 Å². The highest BCUT2D eigenvalue weighted by molar-refractivity contribution is 5.09. The number of nitrogens with zero attached hydrogens (tertiary/aromatic N) is 2. The van der Waals surface area contributed by atoms with Crippen molar-refractivity contribution in [3.05, 3.63) is 12.3 Å². The maximum absolute atomic E-state index is 9.19. The fourth-order valence-electron chi connectivity index (χ4n) is 4.13. The number of hydrogen-bond acceptors (Lipinski definition) is 3. The maximum atomic E-state index is 9.19. The van der Waals surface area contributed by atoms with Crippen LogP contribution in [0.4, 0.5) is 0 Å². The van der Waals surface area contributed by atoms with Crippen molar-refractivity contribution in [2.24, 2.45) is 17.8 Å². The molecule has 0 bridgehead atoms. The Balaban J connectivity index is 1.87. The Morgan fingerprint density at radius 3 is 2.90 bits per heavy atom. The largest absolute Gasteiger partial charge is 0.358 e. The van der Waals surface area contributed by atoms with Gasteiger partial charge in [0.15, 0.2) is 0 Å². The fraction of sp³-hybridized carbons (Fsp3) is 0.833. The molecule has 0 radical (unpaired) electrons. The van der Waals surface area contributed by atoms with Gasteiger partial charge in [0.2, 0.25) is 0 Å². The van der Waals surface area contributed by atoms with E-state index in [-0.39, 0.29) is 6.04 Å². The van der Waals surface area contributed by atoms with Gasteiger partial charge in [-0.3, -0.25) is 0 Å². The van der Waals surface area contributed by atoms with Gasteiger partial charge in [-0.25, -0.2) is 0 Å². The van der Waals surface area contributed by atoms with Gasteiger partial charge in [-0.05, 0) is 43.4 Å². The van der Waals surface area contributed by atoms with Gasteiger partial charge < -0.3 is 10.2 Å². The number of nitrogens with one attached hydrogen (secondary N) is 1. The van der Waals surface area contributed by atoms with Crippen LogP contribution in [0.15, 0.2) is 12.3 Å². The van der Waals surface area contributed by atoms with Gasteiger partial charge in [-0.2, -0.15) is 5.26 Å². The summed E-state index contributed by atoms with van der Waals surface area (Å²) in [5.74, 6) is 2.41. The van der Waals surface area contributed by atoms with E-state index >= 15 is 0 Å². The van der Waals surface area contributed by atoms with Gasteiger partial charge >= 0.3 is 0 Å². The van der Waals surface area contributed by atoms with Crippen LogP contribution in [-0.4, -0.2) is 30.1 Å². The summed E-state index contributed by atoms with van der Waals surface area (Å²) < 4.78 is 0. The molecule has 3 nitrogen and oxygen atoms in total. The SMILES string of the molecule is C=C(CNC1CC(C)CC1C(C)CC)N1CCCC1C#N. The minimum atomic E-state index is 0.0483. The number of rotatable bonds is 6. The molecule has 0 amide bonds. The summed E-state index contributed by atoms with van der Waals surface area (Å²) in [6, 6.07) is 3.07. The molecule has 118 valence electrons. The normalized spacial score (nSPS) is 33.9. The second-order valence-corrected chi connectivity index (χ2v) is 7.16. The van der Waals surface area contributed by atoms with Crippen LogP contribution in [0, 0.1) is 29.1 Å². The number of hydrogen-bond donors (Lipinski definition) is 1. The van der Waals surface area contributed by atoms with Crippen LogP contribution in [0.2, 0.25) is 0 Å². The van der Waals surface area contributed by atoms with Crippen molar-refractivity contribution in [1.29, 1.82) is 5.26 Å². The number of nitriles is 1. The van der Waals surface area contributed by atoms with E-state index in [1.807, 2.05) is 0 Å². The molecule has 0 aromatic rings. The van der Waals surface area contributed by atoms with Crippen molar-refractivity contribution >= 4 is 0 Å². The summed E-state index contributed by atoms with van der Waals surface area (Å²) in [5.41, 5.74) is 1.10. The number of likely N-dealkylation sites (tertiary alicyclic amines) is 1. The highest BCUT2D eigenvalue weighted by Gasteiger charge is 2.35. The average Bonchev–Trinajstić information content (AvgIpc) is 3.09. The van der Waals surface area contributed by atoms with Crippen LogP contribution in [0.25, 0.3) is 0 Å². The standard InChI is InChI=1S/C18H31N3/c1-5-14(3)17-9-13(2)10-18(17)20-12-15(4)21-8-6-7-16(21)11-19/h13-14,16-18,20H,4-10,12H2,1-3H3. The van der Waals surface area contributed by atoms with Crippen molar-refractivity contribution in [1.82, 2.24) is 10.2 Å². The Hall–Kier alpha value is -1.01. The van der Waals surface area contributed by atoms with E-state index in [4.69, 9.17) is 0 Å². The monoisotopic (exact) mass is 289 g/mol. The Morgan fingerprint density at radius 2 is 2.24 bits per heavy atom. The lowest BCUT2D eigenvalue weighted by molar-refractivity contribution is 0.282. The van der Waals surface area contributed by atoms with E-state index in [0.29, 0.717) is 6.04 Å². The third-order valence-corrected chi connectivity index (χ3v) is 5.60. The molecule has 0 spiro atoms. The molecule has 3 heteroatoms. The molecule has 21 heavy (non-hydrogen) atoms. The van der Waals surface area contributed by atoms with Gasteiger partial charge in [-0.1, -0.05) is 33.8 Å². The summed E-state index contributed by atoms with van der Waals surface area (Å²) in [7, 11) is 0. The van der Waals surface area contributed by atoms with E-state index in [0.717, 1.165) is 49.4 Å². The second kappa shape index (κ2) is 7.31. The summed E-state index contributed by atoms with van der Waals surface area (Å²) in [4.78, 5) is 2.20. The summed E-state index contributed by atoms with van der Waals surface area (Å²) in [6.07, 6.45) is 6.01. The van der Waals surface area contributed by atoms with Crippen molar-refractivity contribution in [3.8, 4) is 6.07 Å². The van der Waals surface area contributed by atoms with Crippen LogP contribution in [0.3, 0.4) is 0 Å². The van der Waals surface area contributed by atoms with E-state index in [2.05, 4.69) is 43.6 Å². The van der Waals surface area contributed by atoms with Crippen molar-refractivity contribution in [2.45, 2.75) is 65.0 Å². The predicted octanol–water partition coefficient (Wildman–Crippen LogP) is 3.54. The molecule has 1 heterocycles. The quantitative estimate of drug-likeness (QED) is 0.813. The molecule has 2 fully saturated rings. The van der Waals surface area contributed by atoms with Crippen LogP contribution in [-0.2, 0) is 0 Å². The minimum Gasteiger partial charge on any atom is -0.358 e. The highest BCUT2D eigenvalue weighted by Crippen LogP contribution is 2.37. The molecule has 5 unspecified atom stereocenters. The van der Waals surface area contributed by atoms with Gasteiger partial charge in [0.25, 0.3) is 0 Å². The molecule has 1 N–H and O–H groups in total. The van der Waals surface area contributed by atoms with Gasteiger partial charge in [-0.15, -0.1) is 0 Å². The van der Waals surface area contributed by atoms with E-state index in [9.17, 15) is 5.26 Å². The lowest BCUT2D eigenvalue weighted by atomic mass is 9.87. The summed E-state index contributed by atoms with van der Waals surface area (Å²) >= 11 is 0. The van der Waals surface area contributed by atoms with Crippen molar-refractivity contribution in [3.63, 3.8) is 0 Å². The average molecular weight is 289 g/mol. The molecule has 5 atom stereocenters. The van der Waals surface area contributed by atoms with Crippen LogP contribution in [0.5, 0.6) is 0 Å². The predicted molar refractivity (Wildman–Crippen MR) is 87.6 cm³/mol. The van der Waals surface area contributed by atoms with Crippen molar-refractivity contribution in [2.75, 3.05) is 13.1 Å². The van der Waals surface area contributed by atoms with Gasteiger partial charge in [0, 0.05) is 24.8 Å². The van der Waals surface area contributed by atoms with E-state index < -0.39 is 0 Å². The van der Waals surface area contributed by atoms with E-state index in [1.54, 1.807) is 0 Å². The van der Waals surface area contributed by atoms with Crippen LogP contribution < -0.4 is 5.32 Å². The van der Waals surface area contributed by atoms with E-state index in [1.165, 1.54) is 19.3 Å². The molecular formula is C18H31N3. The summed E-state index contributed by atoms with van der Waals surface area (Å²) in [6.45, 7) is 13.1. The van der Waals surface area contributed by atoms with Crippen LogP contribution in [0.1, 0.15) is 52.9 Å². The molecule has 2 aliphatic rings. The molecule has 1 aliphatic heterocycles. The van der Waals surface area contributed by atoms with Gasteiger partial charge in [0.1, 0.15) is 6.04 Å². The zero-order chi connectivity index (χ0) is 15.4. The zero-order valence-corrected chi connectivity index (χ0v) is 13.9. The molecular weight excluding hydrogens is 258 g/mol. The second-order valence-electron chi connectivity index (χ2n) is 7.16. The molecule has 1 aliphatic carbocycles. The molecule has 1 saturated carbocycles. The zero-order valence-electron chi connectivity index (χ0n) is 13.9. The smallest absolute Gasteiger partial charge is 0.116 e. The van der Waals surface area contributed by atoms with Gasteiger partial charge in [0.05, 0.1) is 6.07 Å². The lowest BCUT2D eigenvalue weighted by Crippen LogP contribution is -2.40.